The van der Waals surface area contributed by atoms with Crippen molar-refractivity contribution in [1.82, 2.24) is 4.90 Å². The van der Waals surface area contributed by atoms with E-state index in [0.717, 1.165) is 19.4 Å². The molecule has 4 heteroatoms. The molecular formula is C11H15NO2S. The summed E-state index contributed by atoms with van der Waals surface area (Å²) in [5.41, 5.74) is 1.34. The van der Waals surface area contributed by atoms with E-state index in [-0.39, 0.29) is 6.54 Å². The van der Waals surface area contributed by atoms with Crippen LogP contribution in [0.3, 0.4) is 0 Å². The first-order valence-corrected chi connectivity index (χ1v) is 6.12. The van der Waals surface area contributed by atoms with E-state index in [0.29, 0.717) is 6.04 Å². The number of aliphatic carboxylic acids is 1. The molecule has 1 aliphatic heterocycles. The van der Waals surface area contributed by atoms with Crippen LogP contribution in [-0.4, -0.2) is 29.1 Å². The number of hydrogen-bond acceptors (Lipinski definition) is 3. The van der Waals surface area contributed by atoms with Crippen molar-refractivity contribution in [3.63, 3.8) is 0 Å². The lowest BCUT2D eigenvalue weighted by atomic mass is 9.98. The predicted octanol–water partition coefficient (Wildman–Crippen LogP) is 2.14. The minimum Gasteiger partial charge on any atom is -0.480 e. The van der Waals surface area contributed by atoms with Gasteiger partial charge in [-0.15, -0.1) is 11.3 Å². The second-order valence-corrected chi connectivity index (χ2v) is 4.84. The van der Waals surface area contributed by atoms with Crippen molar-refractivity contribution in [1.29, 1.82) is 0 Å². The maximum absolute atomic E-state index is 10.7. The number of rotatable bonds is 3. The van der Waals surface area contributed by atoms with Crippen molar-refractivity contribution >= 4 is 17.3 Å². The average molecular weight is 225 g/mol. The summed E-state index contributed by atoms with van der Waals surface area (Å²) in [5.74, 6) is -0.730. The molecule has 1 aliphatic rings. The molecule has 3 nitrogen and oxygen atoms in total. The summed E-state index contributed by atoms with van der Waals surface area (Å²) in [6, 6.07) is 2.44. The Bertz CT molecular complexity index is 361. The van der Waals surface area contributed by atoms with Gasteiger partial charge in [-0.2, -0.15) is 0 Å². The Morgan fingerprint density at radius 3 is 3.20 bits per heavy atom. The number of hydrogen-bond donors (Lipinski definition) is 1. The van der Waals surface area contributed by atoms with Crippen LogP contribution in [0.2, 0.25) is 0 Å². The molecule has 1 N–H and O–H groups in total. The second kappa shape index (κ2) is 4.33. The number of thiophene rings is 1. The Kier molecular flexibility index (Phi) is 3.07. The van der Waals surface area contributed by atoms with Crippen LogP contribution in [0.15, 0.2) is 11.4 Å². The first-order chi connectivity index (χ1) is 7.22. The Hall–Kier alpha value is -0.870. The average Bonchev–Trinajstić information content (AvgIpc) is 2.64. The molecule has 1 unspecified atom stereocenters. The van der Waals surface area contributed by atoms with Crippen molar-refractivity contribution in [2.24, 2.45) is 0 Å². The topological polar surface area (TPSA) is 40.5 Å². The monoisotopic (exact) mass is 225 g/mol. The molecule has 82 valence electrons. The van der Waals surface area contributed by atoms with E-state index in [9.17, 15) is 4.79 Å². The minimum absolute atomic E-state index is 0.161. The summed E-state index contributed by atoms with van der Waals surface area (Å²) in [4.78, 5) is 14.2. The number of nitrogens with zero attached hydrogens (tertiary/aromatic N) is 1. The molecule has 0 aliphatic carbocycles. The van der Waals surface area contributed by atoms with E-state index >= 15 is 0 Å². The molecule has 1 aromatic rings. The molecule has 1 atom stereocenters. The third kappa shape index (κ3) is 2.06. The highest BCUT2D eigenvalue weighted by atomic mass is 32.1. The van der Waals surface area contributed by atoms with Crippen LogP contribution >= 0.6 is 11.3 Å². The highest BCUT2D eigenvalue weighted by Crippen LogP contribution is 2.34. The fraction of sp³-hybridized carbons (Fsp3) is 0.545. The molecule has 0 radical (unpaired) electrons. The second-order valence-electron chi connectivity index (χ2n) is 3.84. The highest BCUT2D eigenvalue weighted by Gasteiger charge is 2.27. The van der Waals surface area contributed by atoms with Crippen LogP contribution in [0.5, 0.6) is 0 Å². The van der Waals surface area contributed by atoms with Gasteiger partial charge in [0.05, 0.1) is 6.54 Å². The first-order valence-electron chi connectivity index (χ1n) is 5.24. The van der Waals surface area contributed by atoms with Crippen molar-refractivity contribution in [2.75, 3.05) is 13.1 Å². The van der Waals surface area contributed by atoms with Gasteiger partial charge in [-0.3, -0.25) is 9.69 Å². The fourth-order valence-electron chi connectivity index (χ4n) is 2.29. The quantitative estimate of drug-likeness (QED) is 0.856. The zero-order valence-electron chi connectivity index (χ0n) is 8.77. The van der Waals surface area contributed by atoms with Crippen molar-refractivity contribution in [2.45, 2.75) is 25.8 Å². The summed E-state index contributed by atoms with van der Waals surface area (Å²) in [6.07, 6.45) is 1.98. The van der Waals surface area contributed by atoms with Gasteiger partial charge in [0.2, 0.25) is 0 Å². The van der Waals surface area contributed by atoms with Gasteiger partial charge in [0.1, 0.15) is 0 Å². The standard InChI is InChI=1S/C11H15NO2S/c1-2-9-8-4-6-15-10(8)3-5-12(9)7-11(13)14/h4,6,9H,2-3,5,7H2,1H3,(H,13,14). The van der Waals surface area contributed by atoms with Crippen molar-refractivity contribution < 1.29 is 9.90 Å². The Balaban J connectivity index is 2.21. The largest absolute Gasteiger partial charge is 0.480 e. The van der Waals surface area contributed by atoms with Crippen molar-refractivity contribution in [3.05, 3.63) is 21.9 Å². The van der Waals surface area contributed by atoms with E-state index < -0.39 is 5.97 Å². The number of carbonyl (C=O) groups is 1. The van der Waals surface area contributed by atoms with E-state index in [1.807, 2.05) is 0 Å². The van der Waals surface area contributed by atoms with E-state index in [4.69, 9.17) is 5.11 Å². The zero-order valence-corrected chi connectivity index (χ0v) is 9.59. The normalized spacial score (nSPS) is 21.3. The maximum atomic E-state index is 10.7. The number of carboxylic acid groups (broad SMARTS) is 1. The molecule has 15 heavy (non-hydrogen) atoms. The maximum Gasteiger partial charge on any atom is 0.317 e. The lowest BCUT2D eigenvalue weighted by Gasteiger charge is -2.34. The van der Waals surface area contributed by atoms with Gasteiger partial charge in [-0.1, -0.05) is 6.92 Å². The third-order valence-corrected chi connectivity index (χ3v) is 3.93. The van der Waals surface area contributed by atoms with Crippen LogP contribution in [0.4, 0.5) is 0 Å². The van der Waals surface area contributed by atoms with Crippen LogP contribution in [0.25, 0.3) is 0 Å². The van der Waals surface area contributed by atoms with Crippen LogP contribution < -0.4 is 0 Å². The summed E-state index contributed by atoms with van der Waals surface area (Å²) in [7, 11) is 0. The first kappa shape index (κ1) is 10.6. The minimum atomic E-state index is -0.730. The summed E-state index contributed by atoms with van der Waals surface area (Å²) < 4.78 is 0. The molecule has 0 spiro atoms. The fourth-order valence-corrected chi connectivity index (χ4v) is 3.22. The van der Waals surface area contributed by atoms with Crippen LogP contribution in [-0.2, 0) is 11.2 Å². The smallest absolute Gasteiger partial charge is 0.317 e. The van der Waals surface area contributed by atoms with Crippen molar-refractivity contribution in [3.8, 4) is 0 Å². The molecule has 2 rings (SSSR count). The van der Waals surface area contributed by atoms with Gasteiger partial charge in [-0.05, 0) is 29.9 Å². The summed E-state index contributed by atoms with van der Waals surface area (Å²) >= 11 is 1.79. The lowest BCUT2D eigenvalue weighted by molar-refractivity contribution is -0.139. The number of fused-ring (bicyclic) bond motifs is 1. The molecule has 2 heterocycles. The summed E-state index contributed by atoms with van der Waals surface area (Å²) in [5, 5.41) is 10.9. The van der Waals surface area contributed by atoms with Gasteiger partial charge >= 0.3 is 5.97 Å². The van der Waals surface area contributed by atoms with Crippen LogP contribution in [0, 0.1) is 0 Å². The predicted molar refractivity (Wildman–Crippen MR) is 60.3 cm³/mol. The lowest BCUT2D eigenvalue weighted by Crippen LogP contribution is -2.38. The molecule has 0 aromatic carbocycles. The molecule has 1 aromatic heterocycles. The Morgan fingerprint density at radius 1 is 1.73 bits per heavy atom. The van der Waals surface area contributed by atoms with Gasteiger partial charge in [0.15, 0.2) is 0 Å². The van der Waals surface area contributed by atoms with Gasteiger partial charge in [0, 0.05) is 17.5 Å². The van der Waals surface area contributed by atoms with E-state index in [1.54, 1.807) is 11.3 Å². The van der Waals surface area contributed by atoms with Gasteiger partial charge in [0.25, 0.3) is 0 Å². The van der Waals surface area contributed by atoms with Crippen LogP contribution in [0.1, 0.15) is 29.8 Å². The third-order valence-electron chi connectivity index (χ3n) is 2.93. The molecule has 0 bridgehead atoms. The van der Waals surface area contributed by atoms with E-state index in [1.165, 1.54) is 10.4 Å². The zero-order chi connectivity index (χ0) is 10.8. The Labute approximate surface area is 93.3 Å². The van der Waals surface area contributed by atoms with Gasteiger partial charge < -0.3 is 5.11 Å². The summed E-state index contributed by atoms with van der Waals surface area (Å²) in [6.45, 7) is 3.15. The molecular weight excluding hydrogens is 210 g/mol. The Morgan fingerprint density at radius 2 is 2.53 bits per heavy atom. The number of carboxylic acids is 1. The highest BCUT2D eigenvalue weighted by molar-refractivity contribution is 7.10. The molecule has 0 amide bonds. The molecule has 0 saturated carbocycles. The van der Waals surface area contributed by atoms with E-state index in [2.05, 4.69) is 23.3 Å². The van der Waals surface area contributed by atoms with Gasteiger partial charge in [-0.25, -0.2) is 0 Å². The molecule has 0 saturated heterocycles. The molecule has 0 fully saturated rings. The SMILES string of the molecule is CCC1c2ccsc2CCN1CC(=O)O.